The van der Waals surface area contributed by atoms with Gasteiger partial charge in [0.2, 0.25) is 0 Å². The van der Waals surface area contributed by atoms with Gasteiger partial charge in [-0.25, -0.2) is 4.79 Å². The van der Waals surface area contributed by atoms with Crippen molar-refractivity contribution in [2.45, 2.75) is 13.8 Å². The van der Waals surface area contributed by atoms with Gasteiger partial charge in [0.05, 0.1) is 28.0 Å². The molecule has 3 amide bonds. The fourth-order valence-electron chi connectivity index (χ4n) is 3.25. The van der Waals surface area contributed by atoms with Gasteiger partial charge in [0.25, 0.3) is 5.91 Å². The Labute approximate surface area is 159 Å². The number of H-pyrrole nitrogens is 2. The van der Waals surface area contributed by atoms with Crippen LogP contribution in [0.1, 0.15) is 12.5 Å². The molecule has 8 heteroatoms. The zero-order valence-corrected chi connectivity index (χ0v) is 15.2. The van der Waals surface area contributed by atoms with E-state index in [-0.39, 0.29) is 5.75 Å². The number of anilines is 1. The van der Waals surface area contributed by atoms with E-state index in [0.717, 1.165) is 27.9 Å². The molecule has 1 aliphatic heterocycles. The molecule has 0 spiro atoms. The van der Waals surface area contributed by atoms with Gasteiger partial charge in [-0.1, -0.05) is 47.1 Å². The molecule has 1 heterocycles. The van der Waals surface area contributed by atoms with Crippen molar-refractivity contribution in [1.29, 1.82) is 0 Å². The van der Waals surface area contributed by atoms with E-state index < -0.39 is 11.9 Å². The van der Waals surface area contributed by atoms with E-state index in [1.165, 1.54) is 6.92 Å². The number of aromatic hydroxyl groups is 1. The molecule has 0 atom stereocenters. The van der Waals surface area contributed by atoms with Gasteiger partial charge in [0.1, 0.15) is 5.75 Å². The minimum Gasteiger partial charge on any atom is -0.506 e. The summed E-state index contributed by atoms with van der Waals surface area (Å²) in [5.74, 6) is -0.534. The Kier molecular flexibility index (Phi) is 4.15. The van der Waals surface area contributed by atoms with E-state index in [0.29, 0.717) is 16.6 Å². The van der Waals surface area contributed by atoms with Gasteiger partial charge in [0.15, 0.2) is 0 Å². The van der Waals surface area contributed by atoms with Crippen molar-refractivity contribution in [2.75, 3.05) is 5.32 Å². The molecule has 4 rings (SSSR count). The average molecular weight is 375 g/mol. The number of hydrogen-bond donors (Lipinski definition) is 4. The first kappa shape index (κ1) is 17.5. The van der Waals surface area contributed by atoms with Gasteiger partial charge in [-0.15, -0.1) is 5.11 Å². The molecule has 1 aliphatic carbocycles. The van der Waals surface area contributed by atoms with Crippen LogP contribution in [0.4, 0.5) is 10.5 Å². The quantitative estimate of drug-likeness (QED) is 0.376. The molecule has 0 bridgehead atoms. The summed E-state index contributed by atoms with van der Waals surface area (Å²) in [5.41, 5.74) is 4.54. The molecular weight excluding hydrogens is 358 g/mol. The van der Waals surface area contributed by atoms with Crippen LogP contribution in [0.25, 0.3) is 33.3 Å². The van der Waals surface area contributed by atoms with Gasteiger partial charge in [-0.2, -0.15) is 0 Å². The third-order valence-electron chi connectivity index (χ3n) is 4.48. The topological polar surface area (TPSA) is 123 Å². The molecule has 0 unspecified atom stereocenters. The van der Waals surface area contributed by atoms with Crippen LogP contribution in [-0.4, -0.2) is 27.2 Å². The van der Waals surface area contributed by atoms with Crippen LogP contribution in [0, 0.1) is 6.92 Å². The fraction of sp³-hybridized carbons (Fsp3) is 0.100. The van der Waals surface area contributed by atoms with Crippen molar-refractivity contribution in [3.63, 3.8) is 0 Å². The van der Waals surface area contributed by atoms with E-state index >= 15 is 0 Å². The number of aryl methyl sites for hydroxylation is 1. The maximum Gasteiger partial charge on any atom is 0.364 e. The second kappa shape index (κ2) is 6.66. The first-order valence-electron chi connectivity index (χ1n) is 8.59. The molecule has 0 aromatic heterocycles. The summed E-state index contributed by atoms with van der Waals surface area (Å²) in [6.45, 7) is 3.21. The Morgan fingerprint density at radius 2 is 1.71 bits per heavy atom. The Morgan fingerprint density at radius 3 is 2.43 bits per heavy atom. The number of urea groups is 1. The molecule has 2 aromatic rings. The van der Waals surface area contributed by atoms with Crippen molar-refractivity contribution >= 4 is 28.4 Å². The Balaban J connectivity index is 1.83. The van der Waals surface area contributed by atoms with Crippen molar-refractivity contribution in [3.05, 3.63) is 48.0 Å². The van der Waals surface area contributed by atoms with Crippen LogP contribution >= 0.6 is 0 Å². The molecule has 2 aromatic carbocycles. The second-order valence-electron chi connectivity index (χ2n) is 6.47. The van der Waals surface area contributed by atoms with Gasteiger partial charge in [-0.3, -0.25) is 15.0 Å². The molecular formula is C20H17N5O3. The molecule has 0 fully saturated rings. The molecule has 0 radical (unpaired) electrons. The number of rotatable bonds is 2. The molecule has 0 saturated carbocycles. The van der Waals surface area contributed by atoms with Crippen molar-refractivity contribution in [2.24, 2.45) is 10.2 Å². The lowest BCUT2D eigenvalue weighted by molar-refractivity contribution is -0.116. The van der Waals surface area contributed by atoms with Gasteiger partial charge >= 0.3 is 6.03 Å². The Morgan fingerprint density at radius 1 is 1.00 bits per heavy atom. The normalized spacial score (nSPS) is 11.5. The SMILES string of the molecule is CC(=O)N=NC(=O)Nc1cccc2c3[nH][nH]c(-c4ccc(C)cc4)c-3c(O)c12. The van der Waals surface area contributed by atoms with Crippen LogP contribution in [0.2, 0.25) is 0 Å². The molecule has 8 nitrogen and oxygen atoms in total. The van der Waals surface area contributed by atoms with Crippen LogP contribution in [-0.2, 0) is 4.79 Å². The van der Waals surface area contributed by atoms with Gasteiger partial charge < -0.3 is 10.4 Å². The number of amides is 3. The van der Waals surface area contributed by atoms with Crippen LogP contribution in [0.3, 0.4) is 0 Å². The lowest BCUT2D eigenvalue weighted by Crippen LogP contribution is -2.06. The summed E-state index contributed by atoms with van der Waals surface area (Å²) in [5, 5.41) is 27.5. The smallest absolute Gasteiger partial charge is 0.364 e. The van der Waals surface area contributed by atoms with Crippen LogP contribution < -0.4 is 5.32 Å². The largest absolute Gasteiger partial charge is 0.506 e. The lowest BCUT2D eigenvalue weighted by Gasteiger charge is -2.04. The highest BCUT2D eigenvalue weighted by Gasteiger charge is 2.26. The third-order valence-corrected chi connectivity index (χ3v) is 4.48. The highest BCUT2D eigenvalue weighted by Crippen LogP contribution is 2.49. The van der Waals surface area contributed by atoms with Crippen LogP contribution in [0.5, 0.6) is 5.75 Å². The van der Waals surface area contributed by atoms with Crippen molar-refractivity contribution in [1.82, 2.24) is 10.2 Å². The second-order valence-corrected chi connectivity index (χ2v) is 6.47. The number of nitrogens with zero attached hydrogens (tertiary/aromatic N) is 2. The van der Waals surface area contributed by atoms with Crippen LogP contribution in [0.15, 0.2) is 52.7 Å². The first-order chi connectivity index (χ1) is 13.5. The van der Waals surface area contributed by atoms with E-state index in [1.807, 2.05) is 37.3 Å². The first-order valence-corrected chi connectivity index (χ1v) is 8.59. The number of fused-ring (bicyclic) bond motifs is 3. The molecule has 140 valence electrons. The number of carbonyl (C=O) groups excluding carboxylic acids is 2. The summed E-state index contributed by atoms with van der Waals surface area (Å²) in [6.07, 6.45) is 0. The number of aromatic amines is 2. The summed E-state index contributed by atoms with van der Waals surface area (Å²) in [7, 11) is 0. The van der Waals surface area contributed by atoms with E-state index in [2.05, 4.69) is 25.7 Å². The van der Waals surface area contributed by atoms with E-state index in [1.54, 1.807) is 12.1 Å². The van der Waals surface area contributed by atoms with Gasteiger partial charge in [-0.05, 0) is 13.0 Å². The maximum atomic E-state index is 11.9. The fourth-order valence-corrected chi connectivity index (χ4v) is 3.25. The zero-order chi connectivity index (χ0) is 19.8. The average Bonchev–Trinajstić information content (AvgIpc) is 3.22. The highest BCUT2D eigenvalue weighted by molar-refractivity contribution is 6.16. The van der Waals surface area contributed by atoms with E-state index in [4.69, 9.17) is 0 Å². The number of nitrogens with one attached hydrogen (secondary N) is 3. The van der Waals surface area contributed by atoms with Crippen molar-refractivity contribution in [3.8, 4) is 28.3 Å². The monoisotopic (exact) mass is 375 g/mol. The number of azo groups is 1. The molecule has 2 aliphatic rings. The lowest BCUT2D eigenvalue weighted by atomic mass is 10.1. The number of carbonyl (C=O) groups is 2. The number of aromatic nitrogens is 2. The van der Waals surface area contributed by atoms with E-state index in [9.17, 15) is 14.7 Å². The molecule has 28 heavy (non-hydrogen) atoms. The number of hydrogen-bond acceptors (Lipinski definition) is 3. The summed E-state index contributed by atoms with van der Waals surface area (Å²) in [6, 6.07) is 12.4. The number of benzene rings is 2. The Bertz CT molecular complexity index is 1200. The van der Waals surface area contributed by atoms with Crippen molar-refractivity contribution < 1.29 is 14.7 Å². The summed E-state index contributed by atoms with van der Waals surface area (Å²) in [4.78, 5) is 22.8. The summed E-state index contributed by atoms with van der Waals surface area (Å²) < 4.78 is 0. The third kappa shape index (κ3) is 2.90. The Hall–Kier alpha value is -3.94. The maximum absolute atomic E-state index is 11.9. The highest BCUT2D eigenvalue weighted by atomic mass is 16.3. The molecule has 4 N–H and O–H groups in total. The zero-order valence-electron chi connectivity index (χ0n) is 15.2. The van der Waals surface area contributed by atoms with Gasteiger partial charge in [0, 0.05) is 17.9 Å². The standard InChI is InChI=1S/C20H17N5O3/c1-10-6-8-12(9-7-10)17-16-18(24-23-17)13-4-3-5-14(15(13)19(16)27)21-20(28)25-22-11(2)26/h3-9,23-24,27H,1-2H3,(H,21,28). The minimum absolute atomic E-state index is 0.0393. The summed E-state index contributed by atoms with van der Waals surface area (Å²) >= 11 is 0. The predicted molar refractivity (Wildman–Crippen MR) is 106 cm³/mol. The minimum atomic E-state index is -0.794. The predicted octanol–water partition coefficient (Wildman–Crippen LogP) is 4.81. The molecule has 0 saturated heterocycles.